The lowest BCUT2D eigenvalue weighted by molar-refractivity contribution is -0.120. The molecule has 0 bridgehead atoms. The van der Waals surface area contributed by atoms with Gasteiger partial charge in [0.05, 0.1) is 19.2 Å². The van der Waals surface area contributed by atoms with E-state index in [0.29, 0.717) is 23.6 Å². The summed E-state index contributed by atoms with van der Waals surface area (Å²) in [4.78, 5) is 11.7. The highest BCUT2D eigenvalue weighted by atomic mass is 35.5. The Kier molecular flexibility index (Phi) is 5.56. The van der Waals surface area contributed by atoms with Crippen molar-refractivity contribution in [3.8, 4) is 11.5 Å². The number of amides is 1. The number of alkyl halides is 1. The average Bonchev–Trinajstić information content (AvgIpc) is 2.37. The van der Waals surface area contributed by atoms with Gasteiger partial charge in [-0.1, -0.05) is 17.7 Å². The predicted molar refractivity (Wildman–Crippen MR) is 71.8 cm³/mol. The quantitative estimate of drug-likeness (QED) is 0.849. The van der Waals surface area contributed by atoms with Crippen molar-refractivity contribution in [1.82, 2.24) is 5.32 Å². The first-order chi connectivity index (χ1) is 8.56. The number of carbonyl (C=O) groups is 1. The molecule has 1 N–H and O–H groups in total. The van der Waals surface area contributed by atoms with Gasteiger partial charge in [0.2, 0.25) is 5.91 Å². The summed E-state index contributed by atoms with van der Waals surface area (Å²) < 4.78 is 10.3. The zero-order chi connectivity index (χ0) is 13.7. The fraction of sp³-hybridized carbons (Fsp3) is 0.417. The third-order valence-corrected chi connectivity index (χ3v) is 3.19. The van der Waals surface area contributed by atoms with Crippen molar-refractivity contribution < 1.29 is 14.3 Å². The maximum absolute atomic E-state index is 11.7. The fourth-order valence-corrected chi connectivity index (χ4v) is 2.16. The molecule has 0 saturated heterocycles. The second-order valence-electron chi connectivity index (χ2n) is 3.46. The molecule has 100 valence electrons. The van der Waals surface area contributed by atoms with E-state index in [1.54, 1.807) is 12.1 Å². The third-order valence-electron chi connectivity index (χ3n) is 2.37. The highest BCUT2D eigenvalue weighted by molar-refractivity contribution is 6.37. The van der Waals surface area contributed by atoms with E-state index < -0.39 is 5.38 Å². The molecule has 0 aliphatic rings. The first kappa shape index (κ1) is 14.9. The Bertz CT molecular complexity index is 438. The van der Waals surface area contributed by atoms with Gasteiger partial charge in [0, 0.05) is 12.1 Å². The van der Waals surface area contributed by atoms with Crippen molar-refractivity contribution in [3.05, 3.63) is 22.7 Å². The van der Waals surface area contributed by atoms with Gasteiger partial charge >= 0.3 is 0 Å². The van der Waals surface area contributed by atoms with Crippen LogP contribution in [-0.2, 0) is 4.79 Å². The third kappa shape index (κ3) is 3.00. The van der Waals surface area contributed by atoms with E-state index in [9.17, 15) is 4.79 Å². The second kappa shape index (κ2) is 6.71. The van der Waals surface area contributed by atoms with Crippen LogP contribution in [0.4, 0.5) is 0 Å². The lowest BCUT2D eigenvalue weighted by Crippen LogP contribution is -2.26. The van der Waals surface area contributed by atoms with Crippen LogP contribution in [0, 0.1) is 0 Å². The summed E-state index contributed by atoms with van der Waals surface area (Å²) >= 11 is 12.2. The van der Waals surface area contributed by atoms with E-state index in [0.717, 1.165) is 0 Å². The number of ether oxygens (including phenoxy) is 2. The lowest BCUT2D eigenvalue weighted by Gasteiger charge is -2.15. The molecular formula is C12H15Cl2NO3. The molecular weight excluding hydrogens is 277 g/mol. The van der Waals surface area contributed by atoms with Gasteiger partial charge in [0.15, 0.2) is 11.5 Å². The molecule has 0 fully saturated rings. The van der Waals surface area contributed by atoms with Crippen LogP contribution in [0.5, 0.6) is 11.5 Å². The van der Waals surface area contributed by atoms with Gasteiger partial charge in [-0.05, 0) is 13.0 Å². The van der Waals surface area contributed by atoms with Gasteiger partial charge in [0.25, 0.3) is 0 Å². The SMILES string of the molecule is CCNC(=O)C(Cl)c1ccc(OC)c(OC)c1Cl. The topological polar surface area (TPSA) is 47.6 Å². The van der Waals surface area contributed by atoms with Gasteiger partial charge in [-0.15, -0.1) is 11.6 Å². The number of likely N-dealkylation sites (N-methyl/N-ethyl adjacent to an activating group) is 1. The largest absolute Gasteiger partial charge is 0.493 e. The van der Waals surface area contributed by atoms with Crippen LogP contribution >= 0.6 is 23.2 Å². The Labute approximate surface area is 116 Å². The summed E-state index contributed by atoms with van der Waals surface area (Å²) in [6, 6.07) is 3.31. The predicted octanol–water partition coefficient (Wildman–Crippen LogP) is 2.77. The fourth-order valence-electron chi connectivity index (χ4n) is 1.51. The van der Waals surface area contributed by atoms with Gasteiger partial charge in [-0.3, -0.25) is 4.79 Å². The molecule has 0 radical (unpaired) electrons. The molecule has 0 heterocycles. The molecule has 0 spiro atoms. The molecule has 1 aromatic rings. The van der Waals surface area contributed by atoms with Crippen LogP contribution in [0.25, 0.3) is 0 Å². The zero-order valence-corrected chi connectivity index (χ0v) is 11.9. The molecule has 0 aromatic heterocycles. The van der Waals surface area contributed by atoms with Crippen molar-refractivity contribution in [2.24, 2.45) is 0 Å². The Morgan fingerprint density at radius 1 is 1.39 bits per heavy atom. The summed E-state index contributed by atoms with van der Waals surface area (Å²) in [6.45, 7) is 2.32. The number of methoxy groups -OCH3 is 2. The summed E-state index contributed by atoms with van der Waals surface area (Å²) in [5.74, 6) is 0.561. The van der Waals surface area contributed by atoms with Crippen LogP contribution in [0.3, 0.4) is 0 Å². The average molecular weight is 292 g/mol. The smallest absolute Gasteiger partial charge is 0.242 e. The van der Waals surface area contributed by atoms with E-state index in [1.807, 2.05) is 6.92 Å². The maximum atomic E-state index is 11.7. The van der Waals surface area contributed by atoms with Crippen molar-refractivity contribution in [3.63, 3.8) is 0 Å². The number of hydrogen-bond donors (Lipinski definition) is 1. The lowest BCUT2D eigenvalue weighted by atomic mass is 10.1. The molecule has 0 aliphatic heterocycles. The van der Waals surface area contributed by atoms with Crippen molar-refractivity contribution in [2.75, 3.05) is 20.8 Å². The molecule has 4 nitrogen and oxygen atoms in total. The summed E-state index contributed by atoms with van der Waals surface area (Å²) in [5.41, 5.74) is 0.488. The van der Waals surface area contributed by atoms with Crippen LogP contribution < -0.4 is 14.8 Å². The zero-order valence-electron chi connectivity index (χ0n) is 10.4. The minimum absolute atomic E-state index is 0.281. The number of rotatable bonds is 5. The van der Waals surface area contributed by atoms with Crippen LogP contribution in [0.1, 0.15) is 17.9 Å². The number of nitrogens with one attached hydrogen (secondary N) is 1. The first-order valence-corrected chi connectivity index (χ1v) is 6.20. The Morgan fingerprint density at radius 2 is 2.06 bits per heavy atom. The Balaban J connectivity index is 3.14. The monoisotopic (exact) mass is 291 g/mol. The summed E-state index contributed by atoms with van der Waals surface area (Å²) in [6.07, 6.45) is 0. The normalized spacial score (nSPS) is 11.8. The molecule has 1 amide bonds. The van der Waals surface area contributed by atoms with Gasteiger partial charge < -0.3 is 14.8 Å². The molecule has 0 aliphatic carbocycles. The molecule has 1 unspecified atom stereocenters. The number of hydrogen-bond acceptors (Lipinski definition) is 3. The number of carbonyl (C=O) groups excluding carboxylic acids is 1. The van der Waals surface area contributed by atoms with E-state index in [4.69, 9.17) is 32.7 Å². The Morgan fingerprint density at radius 3 is 2.56 bits per heavy atom. The van der Waals surface area contributed by atoms with Gasteiger partial charge in [-0.25, -0.2) is 0 Å². The maximum Gasteiger partial charge on any atom is 0.242 e. The van der Waals surface area contributed by atoms with E-state index in [-0.39, 0.29) is 10.9 Å². The highest BCUT2D eigenvalue weighted by Gasteiger charge is 2.23. The Hall–Kier alpha value is -1.13. The first-order valence-electron chi connectivity index (χ1n) is 5.38. The molecule has 0 saturated carbocycles. The summed E-state index contributed by atoms with van der Waals surface area (Å²) in [7, 11) is 2.98. The van der Waals surface area contributed by atoms with E-state index in [2.05, 4.69) is 5.32 Å². The highest BCUT2D eigenvalue weighted by Crippen LogP contribution is 2.41. The van der Waals surface area contributed by atoms with Crippen molar-refractivity contribution >= 4 is 29.1 Å². The van der Waals surface area contributed by atoms with E-state index >= 15 is 0 Å². The second-order valence-corrected chi connectivity index (χ2v) is 4.28. The molecule has 1 atom stereocenters. The molecule has 1 aromatic carbocycles. The van der Waals surface area contributed by atoms with Crippen LogP contribution in [0.15, 0.2) is 12.1 Å². The number of halogens is 2. The minimum atomic E-state index is -0.864. The van der Waals surface area contributed by atoms with Crippen LogP contribution in [0.2, 0.25) is 5.02 Å². The van der Waals surface area contributed by atoms with Crippen LogP contribution in [-0.4, -0.2) is 26.7 Å². The van der Waals surface area contributed by atoms with Crippen molar-refractivity contribution in [2.45, 2.75) is 12.3 Å². The number of benzene rings is 1. The minimum Gasteiger partial charge on any atom is -0.493 e. The van der Waals surface area contributed by atoms with Crippen molar-refractivity contribution in [1.29, 1.82) is 0 Å². The van der Waals surface area contributed by atoms with Gasteiger partial charge in [-0.2, -0.15) is 0 Å². The standard InChI is InChI=1S/C12H15Cl2NO3/c1-4-15-12(16)10(14)7-5-6-8(17-2)11(18-3)9(7)13/h5-6,10H,4H2,1-3H3,(H,15,16). The van der Waals surface area contributed by atoms with Gasteiger partial charge in [0.1, 0.15) is 5.38 Å². The summed E-state index contributed by atoms with van der Waals surface area (Å²) in [5, 5.41) is 2.05. The molecule has 1 rings (SSSR count). The van der Waals surface area contributed by atoms with E-state index in [1.165, 1.54) is 14.2 Å². The molecule has 18 heavy (non-hydrogen) atoms. The molecule has 6 heteroatoms.